The molecule has 0 aromatic heterocycles. The van der Waals surface area contributed by atoms with Crippen LogP contribution in [-0.2, 0) is 14.3 Å². The molecule has 1 atom stereocenters. The van der Waals surface area contributed by atoms with Gasteiger partial charge in [0.15, 0.2) is 0 Å². The predicted octanol–water partition coefficient (Wildman–Crippen LogP) is 5.11. The molecule has 0 radical (unpaired) electrons. The molecule has 1 N–H and O–H groups in total. The fourth-order valence-corrected chi connectivity index (χ4v) is 3.71. The number of hydrogen-bond donors (Lipinski definition) is 1. The molecule has 29 heavy (non-hydrogen) atoms. The number of rotatable bonds is 6. The highest BCUT2D eigenvalue weighted by molar-refractivity contribution is 6.47. The Morgan fingerprint density at radius 3 is 2.38 bits per heavy atom. The van der Waals surface area contributed by atoms with Crippen LogP contribution < -0.4 is 0 Å². The monoisotopic (exact) mass is 453 g/mol. The van der Waals surface area contributed by atoms with Gasteiger partial charge in [-0.25, -0.2) is 0 Å². The van der Waals surface area contributed by atoms with Crippen LogP contribution in [0.15, 0.2) is 48.0 Å². The number of halogens is 3. The van der Waals surface area contributed by atoms with E-state index in [9.17, 15) is 14.7 Å². The molecule has 0 bridgehead atoms. The van der Waals surface area contributed by atoms with Gasteiger partial charge < -0.3 is 14.7 Å². The van der Waals surface area contributed by atoms with Crippen LogP contribution in [0.5, 0.6) is 0 Å². The highest BCUT2D eigenvalue weighted by Crippen LogP contribution is 2.41. The molecule has 2 aromatic carbocycles. The molecule has 0 saturated carbocycles. The van der Waals surface area contributed by atoms with Crippen LogP contribution in [0.25, 0.3) is 5.76 Å². The van der Waals surface area contributed by atoms with Crippen LogP contribution in [0.1, 0.15) is 23.6 Å². The Labute approximate surface area is 183 Å². The van der Waals surface area contributed by atoms with E-state index in [0.29, 0.717) is 34.2 Å². The van der Waals surface area contributed by atoms with Gasteiger partial charge in [-0.3, -0.25) is 9.59 Å². The first-order chi connectivity index (χ1) is 13.8. The van der Waals surface area contributed by atoms with Crippen molar-refractivity contribution in [3.8, 4) is 0 Å². The Kier molecular flexibility index (Phi) is 6.85. The smallest absolute Gasteiger partial charge is 0.295 e. The number of benzene rings is 2. The minimum Gasteiger partial charge on any atom is -0.507 e. The van der Waals surface area contributed by atoms with Crippen LogP contribution in [0, 0.1) is 0 Å². The van der Waals surface area contributed by atoms with Crippen molar-refractivity contribution in [1.29, 1.82) is 0 Å². The van der Waals surface area contributed by atoms with Crippen LogP contribution in [0.4, 0.5) is 0 Å². The Morgan fingerprint density at radius 2 is 1.76 bits per heavy atom. The highest BCUT2D eigenvalue weighted by Gasteiger charge is 2.45. The van der Waals surface area contributed by atoms with Crippen LogP contribution in [0.2, 0.25) is 15.1 Å². The number of methoxy groups -OCH3 is 1. The minimum atomic E-state index is -0.794. The van der Waals surface area contributed by atoms with Crippen molar-refractivity contribution in [3.63, 3.8) is 0 Å². The third-order valence-corrected chi connectivity index (χ3v) is 5.66. The van der Waals surface area contributed by atoms with Gasteiger partial charge in [0.1, 0.15) is 5.76 Å². The average Bonchev–Trinajstić information content (AvgIpc) is 2.95. The van der Waals surface area contributed by atoms with E-state index in [1.165, 1.54) is 4.90 Å². The SMILES string of the molecule is COCCCN1C(=O)C(=O)/C(=C(/O)c2ccc(Cl)cc2)[C@H]1c1ccc(Cl)c(Cl)c1. The lowest BCUT2D eigenvalue weighted by molar-refractivity contribution is -0.140. The largest absolute Gasteiger partial charge is 0.507 e. The Balaban J connectivity index is 2.14. The number of aliphatic hydroxyl groups is 1. The number of likely N-dealkylation sites (tertiary alicyclic amines) is 1. The zero-order valence-electron chi connectivity index (χ0n) is 15.5. The van der Waals surface area contributed by atoms with E-state index < -0.39 is 17.7 Å². The topological polar surface area (TPSA) is 66.8 Å². The summed E-state index contributed by atoms with van der Waals surface area (Å²) in [6.45, 7) is 0.703. The first kappa shape index (κ1) is 21.7. The predicted molar refractivity (Wildman–Crippen MR) is 113 cm³/mol. The van der Waals surface area contributed by atoms with Gasteiger partial charge in [0.05, 0.1) is 21.7 Å². The summed E-state index contributed by atoms with van der Waals surface area (Å²) in [4.78, 5) is 27.0. The molecular weight excluding hydrogens is 437 g/mol. The van der Waals surface area contributed by atoms with Crippen LogP contribution in [0.3, 0.4) is 0 Å². The molecule has 1 aliphatic rings. The number of aliphatic hydroxyl groups excluding tert-OH is 1. The normalized spacial score (nSPS) is 18.5. The van der Waals surface area contributed by atoms with E-state index >= 15 is 0 Å². The lowest BCUT2D eigenvalue weighted by Gasteiger charge is -2.25. The summed E-state index contributed by atoms with van der Waals surface area (Å²) in [6, 6.07) is 10.4. The van der Waals surface area contributed by atoms with Crippen molar-refractivity contribution in [2.24, 2.45) is 0 Å². The maximum absolute atomic E-state index is 12.8. The van der Waals surface area contributed by atoms with Gasteiger partial charge in [0.2, 0.25) is 0 Å². The maximum Gasteiger partial charge on any atom is 0.295 e. The Bertz CT molecular complexity index is 972. The van der Waals surface area contributed by atoms with E-state index in [2.05, 4.69) is 0 Å². The average molecular weight is 455 g/mol. The Hall–Kier alpha value is -2.05. The van der Waals surface area contributed by atoms with Crippen LogP contribution >= 0.6 is 34.8 Å². The molecule has 1 heterocycles. The van der Waals surface area contributed by atoms with Gasteiger partial charge >= 0.3 is 0 Å². The lowest BCUT2D eigenvalue weighted by atomic mass is 9.95. The molecule has 0 unspecified atom stereocenters. The molecule has 8 heteroatoms. The number of carbonyl (C=O) groups is 2. The second kappa shape index (κ2) is 9.18. The Morgan fingerprint density at radius 1 is 1.07 bits per heavy atom. The number of Topliss-reactive ketones (excluding diaryl/α,β-unsaturated/α-hetero) is 1. The number of carbonyl (C=O) groups excluding carboxylic acids is 2. The second-order valence-corrected chi connectivity index (χ2v) is 7.77. The summed E-state index contributed by atoms with van der Waals surface area (Å²) in [5.74, 6) is -1.72. The number of hydrogen-bond acceptors (Lipinski definition) is 4. The van der Waals surface area contributed by atoms with Crippen LogP contribution in [-0.4, -0.2) is 42.0 Å². The van der Waals surface area contributed by atoms with Gasteiger partial charge in [0.25, 0.3) is 11.7 Å². The van der Waals surface area contributed by atoms with E-state index in [4.69, 9.17) is 39.5 Å². The summed E-state index contributed by atoms with van der Waals surface area (Å²) in [7, 11) is 1.56. The molecule has 2 aromatic rings. The second-order valence-electron chi connectivity index (χ2n) is 6.52. The van der Waals surface area contributed by atoms with Gasteiger partial charge in [-0.05, 0) is 48.4 Å². The molecule has 152 valence electrons. The molecule has 0 spiro atoms. The fourth-order valence-electron chi connectivity index (χ4n) is 3.28. The number of amides is 1. The quantitative estimate of drug-likeness (QED) is 0.285. The maximum atomic E-state index is 12.8. The third kappa shape index (κ3) is 4.43. The molecular formula is C21H18Cl3NO4. The number of ketones is 1. The van der Waals surface area contributed by atoms with Crippen molar-refractivity contribution in [2.75, 3.05) is 20.3 Å². The number of ether oxygens (including phenoxy) is 1. The first-order valence-corrected chi connectivity index (χ1v) is 9.96. The third-order valence-electron chi connectivity index (χ3n) is 4.66. The van der Waals surface area contributed by atoms with Crippen molar-refractivity contribution >= 4 is 52.3 Å². The highest BCUT2D eigenvalue weighted by atomic mass is 35.5. The molecule has 0 aliphatic carbocycles. The van der Waals surface area contributed by atoms with Crippen molar-refractivity contribution in [3.05, 3.63) is 74.2 Å². The molecule has 1 saturated heterocycles. The molecule has 1 amide bonds. The summed E-state index contributed by atoms with van der Waals surface area (Å²) >= 11 is 18.1. The van der Waals surface area contributed by atoms with Crippen molar-refractivity contribution in [1.82, 2.24) is 4.90 Å². The summed E-state index contributed by atoms with van der Waals surface area (Å²) in [5.41, 5.74) is 0.953. The minimum absolute atomic E-state index is 0.00636. The molecule has 3 rings (SSSR count). The lowest BCUT2D eigenvalue weighted by Crippen LogP contribution is -2.31. The zero-order chi connectivity index (χ0) is 21.1. The summed E-state index contributed by atoms with van der Waals surface area (Å²) < 4.78 is 5.06. The van der Waals surface area contributed by atoms with E-state index in [1.807, 2.05) is 0 Å². The molecule has 1 aliphatic heterocycles. The molecule has 5 nitrogen and oxygen atoms in total. The first-order valence-electron chi connectivity index (χ1n) is 8.83. The zero-order valence-corrected chi connectivity index (χ0v) is 17.8. The van der Waals surface area contributed by atoms with Crippen molar-refractivity contribution < 1.29 is 19.4 Å². The van der Waals surface area contributed by atoms with Gasteiger partial charge in [0, 0.05) is 30.8 Å². The standard InChI is InChI=1S/C21H18Cl3NO4/c1-29-10-2-9-25-18(13-5-8-15(23)16(24)11-13)17(20(27)21(25)28)19(26)12-3-6-14(22)7-4-12/h3-8,11,18,26H,2,9-10H2,1H3/b19-17+/t18-/m1/s1. The van der Waals surface area contributed by atoms with Gasteiger partial charge in [-0.1, -0.05) is 40.9 Å². The summed E-state index contributed by atoms with van der Waals surface area (Å²) in [5, 5.41) is 12.0. The molecule has 1 fully saturated rings. The van der Waals surface area contributed by atoms with Gasteiger partial charge in [-0.15, -0.1) is 0 Å². The van der Waals surface area contributed by atoms with E-state index in [-0.39, 0.29) is 22.9 Å². The summed E-state index contributed by atoms with van der Waals surface area (Å²) in [6.07, 6.45) is 0.530. The fraction of sp³-hybridized carbons (Fsp3) is 0.238. The van der Waals surface area contributed by atoms with Crippen molar-refractivity contribution in [2.45, 2.75) is 12.5 Å². The van der Waals surface area contributed by atoms with Gasteiger partial charge in [-0.2, -0.15) is 0 Å². The number of nitrogens with zero attached hydrogens (tertiary/aromatic N) is 1. The van der Waals surface area contributed by atoms with E-state index in [1.54, 1.807) is 49.6 Å². The van der Waals surface area contributed by atoms with E-state index in [0.717, 1.165) is 0 Å².